The minimum atomic E-state index is -0.736. The summed E-state index contributed by atoms with van der Waals surface area (Å²) in [6.07, 6.45) is 2.67. The number of allylic oxidation sites excluding steroid dienone is 3. The van der Waals surface area contributed by atoms with Gasteiger partial charge >= 0.3 is 17.1 Å². The van der Waals surface area contributed by atoms with Crippen molar-refractivity contribution in [1.29, 1.82) is 0 Å². The van der Waals surface area contributed by atoms with Gasteiger partial charge in [-0.3, -0.25) is 28.8 Å². The van der Waals surface area contributed by atoms with Crippen LogP contribution in [0.15, 0.2) is 35.5 Å². The fraction of sp³-hybridized carbons (Fsp3) is 0.636. The van der Waals surface area contributed by atoms with Crippen LogP contribution in [0.2, 0.25) is 0 Å². The summed E-state index contributed by atoms with van der Waals surface area (Å²) in [4.78, 5) is 72.8. The maximum absolute atomic E-state index is 11.6. The molecule has 3 rings (SSSR count). The first kappa shape index (κ1) is 45.4. The Bertz CT molecular complexity index is 1060. The van der Waals surface area contributed by atoms with Crippen LogP contribution in [0, 0.1) is 17.8 Å². The van der Waals surface area contributed by atoms with Crippen LogP contribution >= 0.6 is 0 Å². The number of amides is 3. The average Bonchev–Trinajstić information content (AvgIpc) is 3.08. The molecular formula is C33H48FeN3O12. The van der Waals surface area contributed by atoms with Crippen molar-refractivity contribution in [3.05, 3.63) is 35.5 Å². The molecule has 15 nitrogen and oxygen atoms in total. The van der Waals surface area contributed by atoms with Crippen molar-refractivity contribution in [2.24, 2.45) is 17.8 Å². The molecule has 0 aliphatic carbocycles. The number of hydrogen-bond acceptors (Lipinski definition) is 12. The minimum absolute atomic E-state index is 0. The van der Waals surface area contributed by atoms with Crippen LogP contribution < -0.4 is 15.3 Å². The summed E-state index contributed by atoms with van der Waals surface area (Å²) < 4.78 is 15.2. The van der Waals surface area contributed by atoms with Crippen molar-refractivity contribution in [1.82, 2.24) is 14.7 Å². The van der Waals surface area contributed by atoms with E-state index in [4.69, 9.17) is 14.2 Å². The number of nitrogens with zero attached hydrogens (tertiary/aromatic N) is 3. The zero-order chi connectivity index (χ0) is 36.4. The quantitative estimate of drug-likeness (QED) is 0.142. The molecule has 0 aromatic carbocycles. The van der Waals surface area contributed by atoms with Gasteiger partial charge < -0.3 is 44.2 Å². The fourth-order valence-electron chi connectivity index (χ4n) is 3.84. The standard InChI is InChI=1S/3C11H17NO4.Fe/c3*1-8(2)9(13)7-10(14)11(15)12-3-5-16-6-4-12;/h3*7-8,14H,3-6H2,1-2H3;/q;;;+3/p-3/b3*10-7-;. The van der Waals surface area contributed by atoms with Crippen LogP contribution in [-0.4, -0.2) is 129 Å². The summed E-state index contributed by atoms with van der Waals surface area (Å²) in [5.74, 6) is -5.78. The third-order valence-corrected chi connectivity index (χ3v) is 7.05. The molecule has 0 spiro atoms. The summed E-state index contributed by atoms with van der Waals surface area (Å²) >= 11 is 0. The van der Waals surface area contributed by atoms with E-state index in [0.717, 1.165) is 18.2 Å². The van der Waals surface area contributed by atoms with E-state index in [1.807, 2.05) is 0 Å². The Morgan fingerprint density at radius 3 is 0.796 bits per heavy atom. The van der Waals surface area contributed by atoms with E-state index in [-0.39, 0.29) is 52.2 Å². The first-order chi connectivity index (χ1) is 22.6. The van der Waals surface area contributed by atoms with Gasteiger partial charge in [-0.15, -0.1) is 0 Å². The minimum Gasteiger partial charge on any atom is -0.869 e. The molecule has 49 heavy (non-hydrogen) atoms. The molecule has 0 aromatic rings. The van der Waals surface area contributed by atoms with Crippen molar-refractivity contribution in [2.75, 3.05) is 78.9 Å². The van der Waals surface area contributed by atoms with Crippen molar-refractivity contribution in [2.45, 2.75) is 41.5 Å². The van der Waals surface area contributed by atoms with Crippen molar-refractivity contribution in [3.63, 3.8) is 0 Å². The summed E-state index contributed by atoms with van der Waals surface area (Å²) in [5.41, 5.74) is 0. The Morgan fingerprint density at radius 2 is 0.633 bits per heavy atom. The second-order valence-electron chi connectivity index (χ2n) is 11.9. The Hall–Kier alpha value is -3.56. The summed E-state index contributed by atoms with van der Waals surface area (Å²) in [6.45, 7) is 15.2. The number of rotatable bonds is 9. The smallest absolute Gasteiger partial charge is 0.869 e. The number of morpholine rings is 3. The zero-order valence-corrected chi connectivity index (χ0v) is 30.1. The molecule has 0 bridgehead atoms. The molecule has 3 heterocycles. The van der Waals surface area contributed by atoms with Gasteiger partial charge in [-0.2, -0.15) is 0 Å². The molecule has 0 unspecified atom stereocenters. The van der Waals surface area contributed by atoms with Gasteiger partial charge in [0, 0.05) is 57.0 Å². The van der Waals surface area contributed by atoms with Crippen LogP contribution in [-0.2, 0) is 60.0 Å². The molecule has 3 saturated heterocycles. The van der Waals surface area contributed by atoms with Crippen molar-refractivity contribution in [3.8, 4) is 0 Å². The fourth-order valence-corrected chi connectivity index (χ4v) is 3.84. The van der Waals surface area contributed by atoms with Gasteiger partial charge in [-0.25, -0.2) is 0 Å². The SMILES string of the molecule is CC(C)C(=O)/C=C(\[O-])C(=O)N1CCOCC1.CC(C)C(=O)/C=C(\[O-])C(=O)N1CCOCC1.CC(C)C(=O)/C=C(\[O-])C(=O)N1CCOCC1.[Fe+3]. The number of ketones is 3. The first-order valence-electron chi connectivity index (χ1n) is 15.9. The van der Waals surface area contributed by atoms with Crippen LogP contribution in [0.1, 0.15) is 41.5 Å². The molecule has 0 aromatic heterocycles. The normalized spacial score (nSPS) is 17.3. The predicted octanol–water partition coefficient (Wildman–Crippen LogP) is -2.06. The number of ether oxygens (including phenoxy) is 3. The number of hydrogen-bond donors (Lipinski definition) is 0. The van der Waals surface area contributed by atoms with Gasteiger partial charge in [-0.05, 0) is 35.5 Å². The molecule has 3 amide bonds. The first-order valence-corrected chi connectivity index (χ1v) is 15.9. The van der Waals surface area contributed by atoms with Crippen molar-refractivity contribution >= 4 is 35.1 Å². The average molecular weight is 735 g/mol. The Labute approximate surface area is 298 Å². The molecule has 3 aliphatic rings. The maximum atomic E-state index is 11.6. The topological polar surface area (TPSA) is 209 Å². The van der Waals surface area contributed by atoms with Gasteiger partial charge in [0.15, 0.2) is 17.3 Å². The second kappa shape index (κ2) is 23.7. The number of carbonyl (C=O) groups is 6. The second-order valence-corrected chi connectivity index (χ2v) is 11.9. The van der Waals surface area contributed by atoms with E-state index in [1.54, 1.807) is 41.5 Å². The molecule has 3 aliphatic heterocycles. The van der Waals surface area contributed by atoms with E-state index in [0.29, 0.717) is 78.9 Å². The summed E-state index contributed by atoms with van der Waals surface area (Å²) in [6, 6.07) is 0. The number of carbonyl (C=O) groups excluding carboxylic acids is 6. The molecule has 0 N–H and O–H groups in total. The Morgan fingerprint density at radius 1 is 0.449 bits per heavy atom. The molecule has 1 radical (unpaired) electrons. The predicted molar refractivity (Wildman–Crippen MR) is 166 cm³/mol. The van der Waals surface area contributed by atoms with Crippen LogP contribution in [0.3, 0.4) is 0 Å². The van der Waals surface area contributed by atoms with E-state index in [2.05, 4.69) is 0 Å². The van der Waals surface area contributed by atoms with E-state index in [1.165, 1.54) is 14.7 Å². The molecule has 16 heteroatoms. The third-order valence-electron chi connectivity index (χ3n) is 7.05. The van der Waals surface area contributed by atoms with Gasteiger partial charge in [0.2, 0.25) is 17.7 Å². The molecule has 0 saturated carbocycles. The summed E-state index contributed by atoms with van der Waals surface area (Å²) in [5, 5.41) is 34.3. The largest absolute Gasteiger partial charge is 3.00 e. The van der Waals surface area contributed by atoms with E-state index >= 15 is 0 Å². The monoisotopic (exact) mass is 734 g/mol. The van der Waals surface area contributed by atoms with Crippen LogP contribution in [0.4, 0.5) is 0 Å². The van der Waals surface area contributed by atoms with Gasteiger partial charge in [0.1, 0.15) is 0 Å². The van der Waals surface area contributed by atoms with Gasteiger partial charge in [-0.1, -0.05) is 41.5 Å². The van der Waals surface area contributed by atoms with Crippen LogP contribution in [0.25, 0.3) is 0 Å². The summed E-state index contributed by atoms with van der Waals surface area (Å²) in [7, 11) is 0. The van der Waals surface area contributed by atoms with Gasteiger partial charge in [0.05, 0.1) is 39.6 Å². The molecular weight excluding hydrogens is 686 g/mol. The van der Waals surface area contributed by atoms with E-state index in [9.17, 15) is 44.1 Å². The molecule has 275 valence electrons. The van der Waals surface area contributed by atoms with Gasteiger partial charge in [0.25, 0.3) is 0 Å². The molecule has 3 fully saturated rings. The molecule has 0 atom stereocenters. The van der Waals surface area contributed by atoms with Crippen LogP contribution in [0.5, 0.6) is 0 Å². The van der Waals surface area contributed by atoms with Crippen molar-refractivity contribution < 1.29 is 75.4 Å². The zero-order valence-electron chi connectivity index (χ0n) is 29.0. The Kier molecular flexibility index (Phi) is 22.0. The third kappa shape index (κ3) is 17.1. The Balaban J connectivity index is 0.000000698. The van der Waals surface area contributed by atoms with E-state index < -0.39 is 35.0 Å². The maximum Gasteiger partial charge on any atom is 3.00 e.